The molecule has 3 rings (SSSR count). The van der Waals surface area contributed by atoms with Crippen molar-refractivity contribution >= 4 is 23.2 Å². The summed E-state index contributed by atoms with van der Waals surface area (Å²) < 4.78 is 0. The summed E-state index contributed by atoms with van der Waals surface area (Å²) in [5.74, 6) is 2.51. The third-order valence-corrected chi connectivity index (χ3v) is 5.46. The maximum absolute atomic E-state index is 12.7. The highest BCUT2D eigenvalue weighted by molar-refractivity contribution is 6.31. The third-order valence-electron chi connectivity index (χ3n) is 5.22. The fourth-order valence-corrected chi connectivity index (χ4v) is 4.32. The van der Waals surface area contributed by atoms with Crippen LogP contribution in [0, 0.1) is 17.8 Å². The number of rotatable bonds is 4. The molecule has 0 spiro atoms. The van der Waals surface area contributed by atoms with E-state index in [-0.39, 0.29) is 5.91 Å². The van der Waals surface area contributed by atoms with Crippen molar-refractivity contribution in [2.45, 2.75) is 25.7 Å². The fraction of sp³-hybridized carbons (Fsp3) is 0.588. The first kappa shape index (κ1) is 14.7. The van der Waals surface area contributed by atoms with Gasteiger partial charge in [0, 0.05) is 31.4 Å². The summed E-state index contributed by atoms with van der Waals surface area (Å²) in [5, 5.41) is 3.68. The van der Waals surface area contributed by atoms with Crippen molar-refractivity contribution in [3.63, 3.8) is 0 Å². The second-order valence-corrected chi connectivity index (χ2v) is 7.00. The minimum Gasteiger partial charge on any atom is -0.387 e. The molecule has 3 nitrogen and oxygen atoms in total. The first-order valence-electron chi connectivity index (χ1n) is 7.81. The van der Waals surface area contributed by atoms with Crippen LogP contribution in [0.3, 0.4) is 0 Å². The maximum atomic E-state index is 12.7. The number of carbonyl (C=O) groups is 1. The Morgan fingerprint density at radius 3 is 2.81 bits per heavy atom. The van der Waals surface area contributed by atoms with Crippen LogP contribution in [0.5, 0.6) is 0 Å². The highest BCUT2D eigenvalue weighted by atomic mass is 35.5. The Morgan fingerprint density at radius 1 is 1.38 bits per heavy atom. The van der Waals surface area contributed by atoms with Crippen molar-refractivity contribution in [1.82, 2.24) is 4.90 Å². The lowest BCUT2D eigenvalue weighted by molar-refractivity contribution is 0.0755. The molecule has 1 aromatic rings. The van der Waals surface area contributed by atoms with Gasteiger partial charge in [-0.25, -0.2) is 0 Å². The van der Waals surface area contributed by atoms with Gasteiger partial charge in [0.05, 0.1) is 5.56 Å². The molecule has 2 saturated carbocycles. The number of fused-ring (bicyclic) bond motifs is 2. The summed E-state index contributed by atoms with van der Waals surface area (Å²) in [4.78, 5) is 14.6. The van der Waals surface area contributed by atoms with E-state index in [0.29, 0.717) is 16.5 Å². The smallest absolute Gasteiger partial charge is 0.255 e. The van der Waals surface area contributed by atoms with Gasteiger partial charge in [0.15, 0.2) is 0 Å². The summed E-state index contributed by atoms with van der Waals surface area (Å²) in [6.07, 6.45) is 5.44. The zero-order valence-electron chi connectivity index (χ0n) is 12.7. The lowest BCUT2D eigenvalue weighted by Gasteiger charge is -2.27. The van der Waals surface area contributed by atoms with Crippen LogP contribution in [0.4, 0.5) is 5.69 Å². The Bertz CT molecular complexity index is 546. The van der Waals surface area contributed by atoms with Crippen LogP contribution in [-0.4, -0.2) is 31.4 Å². The fourth-order valence-electron chi connectivity index (χ4n) is 4.15. The molecule has 4 heteroatoms. The van der Waals surface area contributed by atoms with Crippen LogP contribution in [0.1, 0.15) is 36.0 Å². The van der Waals surface area contributed by atoms with Gasteiger partial charge in [0.25, 0.3) is 5.91 Å². The summed E-state index contributed by atoms with van der Waals surface area (Å²) >= 11 is 6.05. The lowest BCUT2D eigenvalue weighted by Crippen LogP contribution is -2.34. The Kier molecular flexibility index (Phi) is 4.12. The van der Waals surface area contributed by atoms with Gasteiger partial charge in [-0.2, -0.15) is 0 Å². The number of halogens is 1. The molecule has 0 saturated heterocycles. The van der Waals surface area contributed by atoms with Gasteiger partial charge in [-0.15, -0.1) is 0 Å². The second-order valence-electron chi connectivity index (χ2n) is 6.56. The molecule has 3 atom stereocenters. The van der Waals surface area contributed by atoms with Crippen LogP contribution < -0.4 is 5.32 Å². The SMILES string of the molecule is CNc1ccc(Cl)cc1C(=O)N(C)CC1CC2CCC1C2. The van der Waals surface area contributed by atoms with Crippen molar-refractivity contribution in [2.24, 2.45) is 17.8 Å². The summed E-state index contributed by atoms with van der Waals surface area (Å²) in [5.41, 5.74) is 1.50. The molecule has 114 valence electrons. The van der Waals surface area contributed by atoms with Crippen LogP contribution in [0.25, 0.3) is 0 Å². The number of hydrogen-bond donors (Lipinski definition) is 1. The van der Waals surface area contributed by atoms with Gasteiger partial charge >= 0.3 is 0 Å². The van der Waals surface area contributed by atoms with E-state index >= 15 is 0 Å². The average molecular weight is 307 g/mol. The van der Waals surface area contributed by atoms with E-state index < -0.39 is 0 Å². The molecule has 2 aliphatic rings. The highest BCUT2D eigenvalue weighted by Crippen LogP contribution is 2.48. The van der Waals surface area contributed by atoms with Gasteiger partial charge in [0.2, 0.25) is 0 Å². The monoisotopic (exact) mass is 306 g/mol. The molecular formula is C17H23ClN2O. The highest BCUT2D eigenvalue weighted by Gasteiger charge is 2.40. The lowest BCUT2D eigenvalue weighted by atomic mass is 9.88. The molecule has 2 aliphatic carbocycles. The summed E-state index contributed by atoms with van der Waals surface area (Å²) in [6.45, 7) is 0.871. The first-order chi connectivity index (χ1) is 10.1. The van der Waals surface area contributed by atoms with Crippen LogP contribution >= 0.6 is 11.6 Å². The molecular weight excluding hydrogens is 284 g/mol. The molecule has 21 heavy (non-hydrogen) atoms. The molecule has 2 fully saturated rings. The van der Waals surface area contributed by atoms with Crippen molar-refractivity contribution in [3.8, 4) is 0 Å². The van der Waals surface area contributed by atoms with E-state index in [2.05, 4.69) is 5.32 Å². The van der Waals surface area contributed by atoms with Crippen molar-refractivity contribution in [1.29, 1.82) is 0 Å². The van der Waals surface area contributed by atoms with Gasteiger partial charge in [-0.3, -0.25) is 4.79 Å². The van der Waals surface area contributed by atoms with Crippen molar-refractivity contribution < 1.29 is 4.79 Å². The van der Waals surface area contributed by atoms with E-state index in [0.717, 1.165) is 24.1 Å². The van der Waals surface area contributed by atoms with E-state index in [9.17, 15) is 4.79 Å². The minimum absolute atomic E-state index is 0.0598. The second kappa shape index (κ2) is 5.88. The summed E-state index contributed by atoms with van der Waals surface area (Å²) in [6, 6.07) is 5.42. The van der Waals surface area contributed by atoms with E-state index in [1.54, 1.807) is 12.1 Å². The molecule has 1 amide bonds. The van der Waals surface area contributed by atoms with Crippen LogP contribution in [0.2, 0.25) is 5.02 Å². The first-order valence-corrected chi connectivity index (χ1v) is 8.19. The topological polar surface area (TPSA) is 32.3 Å². The predicted molar refractivity (Wildman–Crippen MR) is 86.9 cm³/mol. The van der Waals surface area contributed by atoms with Gasteiger partial charge in [0.1, 0.15) is 0 Å². The Morgan fingerprint density at radius 2 is 2.19 bits per heavy atom. The zero-order chi connectivity index (χ0) is 15.0. The minimum atomic E-state index is 0.0598. The van der Waals surface area contributed by atoms with E-state index in [1.165, 1.54) is 25.7 Å². The van der Waals surface area contributed by atoms with E-state index in [4.69, 9.17) is 11.6 Å². The largest absolute Gasteiger partial charge is 0.387 e. The molecule has 0 aromatic heterocycles. The van der Waals surface area contributed by atoms with Gasteiger partial charge in [-0.1, -0.05) is 18.0 Å². The van der Waals surface area contributed by atoms with Crippen LogP contribution in [-0.2, 0) is 0 Å². The quantitative estimate of drug-likeness (QED) is 0.915. The Hall–Kier alpha value is -1.22. The molecule has 0 aliphatic heterocycles. The number of benzene rings is 1. The summed E-state index contributed by atoms with van der Waals surface area (Å²) in [7, 11) is 3.74. The molecule has 3 unspecified atom stereocenters. The average Bonchev–Trinajstić information content (AvgIpc) is 3.09. The normalized spacial score (nSPS) is 26.9. The number of nitrogens with one attached hydrogen (secondary N) is 1. The van der Waals surface area contributed by atoms with Gasteiger partial charge < -0.3 is 10.2 Å². The zero-order valence-corrected chi connectivity index (χ0v) is 13.5. The van der Waals surface area contributed by atoms with Crippen LogP contribution in [0.15, 0.2) is 18.2 Å². The number of nitrogens with zero attached hydrogens (tertiary/aromatic N) is 1. The van der Waals surface area contributed by atoms with Crippen molar-refractivity contribution in [3.05, 3.63) is 28.8 Å². The number of carbonyl (C=O) groups excluding carboxylic acids is 1. The number of anilines is 1. The Balaban J connectivity index is 1.71. The molecule has 1 N–H and O–H groups in total. The molecule has 1 aromatic carbocycles. The number of hydrogen-bond acceptors (Lipinski definition) is 2. The van der Waals surface area contributed by atoms with E-state index in [1.807, 2.05) is 25.1 Å². The number of amides is 1. The molecule has 0 heterocycles. The Labute approximate surface area is 131 Å². The van der Waals surface area contributed by atoms with Gasteiger partial charge in [-0.05, 0) is 55.2 Å². The maximum Gasteiger partial charge on any atom is 0.255 e. The molecule has 2 bridgehead atoms. The standard InChI is InChI=1S/C17H23ClN2O/c1-19-16-6-5-14(18)9-15(16)17(21)20(2)10-13-8-11-3-4-12(13)7-11/h5-6,9,11-13,19H,3-4,7-8,10H2,1-2H3. The third kappa shape index (κ3) is 2.89. The van der Waals surface area contributed by atoms with Crippen molar-refractivity contribution in [2.75, 3.05) is 26.0 Å². The predicted octanol–water partition coefficient (Wildman–Crippen LogP) is 3.89. The molecule has 0 radical (unpaired) electrons.